The molecule has 98 valence electrons. The van der Waals surface area contributed by atoms with E-state index < -0.39 is 19.0 Å². The molecular formula is C11H17F3N2O. The SMILES string of the molecule is CN1CC2CCC1CN2C(=O)CCC(F)(F)F. The molecule has 0 radical (unpaired) electrons. The van der Waals surface area contributed by atoms with Crippen LogP contribution in [0.2, 0.25) is 0 Å². The molecule has 17 heavy (non-hydrogen) atoms. The summed E-state index contributed by atoms with van der Waals surface area (Å²) in [6, 6.07) is 0.445. The van der Waals surface area contributed by atoms with Crippen LogP contribution in [-0.4, -0.2) is 54.1 Å². The minimum atomic E-state index is -4.23. The Labute approximate surface area is 98.6 Å². The first-order valence-corrected chi connectivity index (χ1v) is 5.93. The lowest BCUT2D eigenvalue weighted by atomic mass is 9.91. The van der Waals surface area contributed by atoms with Crippen molar-refractivity contribution in [2.45, 2.75) is 43.9 Å². The minimum Gasteiger partial charge on any atom is -0.337 e. The molecule has 0 aliphatic carbocycles. The van der Waals surface area contributed by atoms with Crippen molar-refractivity contribution in [3.63, 3.8) is 0 Å². The van der Waals surface area contributed by atoms with Gasteiger partial charge in [0.05, 0.1) is 6.42 Å². The first-order chi connectivity index (χ1) is 7.87. The lowest BCUT2D eigenvalue weighted by molar-refractivity contribution is -0.154. The number of carbonyl (C=O) groups excluding carboxylic acids is 1. The highest BCUT2D eigenvalue weighted by Crippen LogP contribution is 2.29. The zero-order valence-corrected chi connectivity index (χ0v) is 9.83. The van der Waals surface area contributed by atoms with Crippen LogP contribution in [0.1, 0.15) is 25.7 Å². The summed E-state index contributed by atoms with van der Waals surface area (Å²) in [6.07, 6.45) is -3.68. The number of nitrogens with zero attached hydrogens (tertiary/aromatic N) is 2. The number of hydrogen-bond donors (Lipinski definition) is 0. The van der Waals surface area contributed by atoms with Crippen LogP contribution in [0.5, 0.6) is 0 Å². The zero-order valence-electron chi connectivity index (χ0n) is 9.83. The van der Waals surface area contributed by atoms with E-state index >= 15 is 0 Å². The summed E-state index contributed by atoms with van der Waals surface area (Å²) in [6.45, 7) is 1.39. The van der Waals surface area contributed by atoms with Crippen molar-refractivity contribution in [3.8, 4) is 0 Å². The van der Waals surface area contributed by atoms with Gasteiger partial charge in [0.25, 0.3) is 0 Å². The zero-order chi connectivity index (χ0) is 12.6. The van der Waals surface area contributed by atoms with E-state index in [-0.39, 0.29) is 11.9 Å². The number of piperazine rings is 1. The van der Waals surface area contributed by atoms with Crippen molar-refractivity contribution in [1.82, 2.24) is 9.80 Å². The Balaban J connectivity index is 1.89. The average Bonchev–Trinajstić information content (AvgIpc) is 2.25. The fourth-order valence-electron chi connectivity index (χ4n) is 2.74. The van der Waals surface area contributed by atoms with Crippen molar-refractivity contribution < 1.29 is 18.0 Å². The van der Waals surface area contributed by atoms with Gasteiger partial charge in [-0.15, -0.1) is 0 Å². The van der Waals surface area contributed by atoms with Gasteiger partial charge in [-0.2, -0.15) is 13.2 Å². The maximum Gasteiger partial charge on any atom is 0.389 e. The molecule has 0 aromatic heterocycles. The minimum absolute atomic E-state index is 0.116. The lowest BCUT2D eigenvalue weighted by Crippen LogP contribution is -2.62. The van der Waals surface area contributed by atoms with Crippen LogP contribution in [-0.2, 0) is 4.79 Å². The van der Waals surface area contributed by atoms with E-state index in [4.69, 9.17) is 0 Å². The molecule has 3 aliphatic heterocycles. The van der Waals surface area contributed by atoms with E-state index in [2.05, 4.69) is 4.90 Å². The quantitative estimate of drug-likeness (QED) is 0.743. The number of likely N-dealkylation sites (N-methyl/N-ethyl adjacent to an activating group) is 1. The van der Waals surface area contributed by atoms with Crippen LogP contribution in [0.15, 0.2) is 0 Å². The van der Waals surface area contributed by atoms with E-state index in [1.807, 2.05) is 7.05 Å². The van der Waals surface area contributed by atoms with E-state index in [0.717, 1.165) is 19.4 Å². The van der Waals surface area contributed by atoms with Crippen molar-refractivity contribution in [2.75, 3.05) is 20.1 Å². The molecule has 0 spiro atoms. The van der Waals surface area contributed by atoms with Crippen LogP contribution < -0.4 is 0 Å². The molecule has 3 fully saturated rings. The first-order valence-electron chi connectivity index (χ1n) is 5.93. The summed E-state index contributed by atoms with van der Waals surface area (Å²) in [5.41, 5.74) is 0. The Hall–Kier alpha value is -0.780. The number of fused-ring (bicyclic) bond motifs is 3. The monoisotopic (exact) mass is 250 g/mol. The normalized spacial score (nSPS) is 29.8. The molecule has 0 aromatic carbocycles. The van der Waals surface area contributed by atoms with Gasteiger partial charge in [-0.1, -0.05) is 0 Å². The molecule has 0 aromatic rings. The molecule has 2 unspecified atom stereocenters. The fraction of sp³-hybridized carbons (Fsp3) is 0.909. The molecule has 3 aliphatic rings. The van der Waals surface area contributed by atoms with Crippen LogP contribution in [0.25, 0.3) is 0 Å². The molecule has 3 saturated heterocycles. The summed E-state index contributed by atoms with van der Waals surface area (Å²) in [5, 5.41) is 0. The second-order valence-corrected chi connectivity index (χ2v) is 4.99. The predicted octanol–water partition coefficient (Wildman–Crippen LogP) is 1.63. The number of amides is 1. The molecule has 0 N–H and O–H groups in total. The number of carbonyl (C=O) groups is 1. The van der Waals surface area contributed by atoms with Crippen LogP contribution in [0.3, 0.4) is 0 Å². The van der Waals surface area contributed by atoms with Crippen LogP contribution >= 0.6 is 0 Å². The molecule has 3 nitrogen and oxygen atoms in total. The highest BCUT2D eigenvalue weighted by Gasteiger charge is 2.40. The van der Waals surface area contributed by atoms with E-state index in [1.54, 1.807) is 4.90 Å². The lowest BCUT2D eigenvalue weighted by Gasteiger charge is -2.50. The van der Waals surface area contributed by atoms with Crippen LogP contribution in [0, 0.1) is 0 Å². The Kier molecular flexibility index (Phi) is 3.34. The van der Waals surface area contributed by atoms with Crippen molar-refractivity contribution in [2.24, 2.45) is 0 Å². The van der Waals surface area contributed by atoms with Gasteiger partial charge in [0.2, 0.25) is 5.91 Å². The van der Waals surface area contributed by atoms with Crippen molar-refractivity contribution in [3.05, 3.63) is 0 Å². The molecule has 1 amide bonds. The molecule has 2 bridgehead atoms. The summed E-state index contributed by atoms with van der Waals surface area (Å²) in [5.74, 6) is -0.342. The van der Waals surface area contributed by atoms with Gasteiger partial charge in [0.1, 0.15) is 0 Å². The van der Waals surface area contributed by atoms with Gasteiger partial charge >= 0.3 is 6.18 Å². The maximum absolute atomic E-state index is 12.1. The Morgan fingerprint density at radius 1 is 1.24 bits per heavy atom. The van der Waals surface area contributed by atoms with E-state index in [1.165, 1.54) is 0 Å². The standard InChI is InChI=1S/C11H17F3N2O/c1-15-6-9-3-2-8(15)7-16(9)10(17)4-5-11(12,13)14/h8-9H,2-7H2,1H3. The summed E-state index contributed by atoms with van der Waals surface area (Å²) >= 11 is 0. The number of hydrogen-bond acceptors (Lipinski definition) is 2. The van der Waals surface area contributed by atoms with Gasteiger partial charge in [-0.05, 0) is 19.9 Å². The predicted molar refractivity (Wildman–Crippen MR) is 56.4 cm³/mol. The van der Waals surface area contributed by atoms with Crippen LogP contribution in [0.4, 0.5) is 13.2 Å². The second kappa shape index (κ2) is 4.48. The van der Waals surface area contributed by atoms with Gasteiger partial charge in [0.15, 0.2) is 0 Å². The number of alkyl halides is 3. The topological polar surface area (TPSA) is 23.6 Å². The second-order valence-electron chi connectivity index (χ2n) is 4.99. The van der Waals surface area contributed by atoms with E-state index in [9.17, 15) is 18.0 Å². The third-order valence-electron chi connectivity index (χ3n) is 3.75. The fourth-order valence-corrected chi connectivity index (χ4v) is 2.74. The third-order valence-corrected chi connectivity index (χ3v) is 3.75. The number of piperidine rings is 2. The van der Waals surface area contributed by atoms with E-state index in [0.29, 0.717) is 12.6 Å². The van der Waals surface area contributed by atoms with Crippen molar-refractivity contribution in [1.29, 1.82) is 0 Å². The Morgan fingerprint density at radius 2 is 1.88 bits per heavy atom. The van der Waals surface area contributed by atoms with Gasteiger partial charge < -0.3 is 4.90 Å². The highest BCUT2D eigenvalue weighted by atomic mass is 19.4. The molecule has 2 atom stereocenters. The summed E-state index contributed by atoms with van der Waals surface area (Å²) in [7, 11) is 2.01. The average molecular weight is 250 g/mol. The molecule has 6 heteroatoms. The smallest absolute Gasteiger partial charge is 0.337 e. The number of halogens is 3. The molecule has 0 saturated carbocycles. The summed E-state index contributed by atoms with van der Waals surface area (Å²) < 4.78 is 36.2. The Morgan fingerprint density at radius 3 is 2.35 bits per heavy atom. The first kappa shape index (κ1) is 12.7. The molecule has 3 heterocycles. The maximum atomic E-state index is 12.1. The molecular weight excluding hydrogens is 233 g/mol. The highest BCUT2D eigenvalue weighted by molar-refractivity contribution is 5.77. The summed E-state index contributed by atoms with van der Waals surface area (Å²) in [4.78, 5) is 15.6. The van der Waals surface area contributed by atoms with Crippen molar-refractivity contribution >= 4 is 5.91 Å². The third kappa shape index (κ3) is 2.91. The molecule has 3 rings (SSSR count). The largest absolute Gasteiger partial charge is 0.389 e. The number of rotatable bonds is 2. The Bertz CT molecular complexity index is 306. The van der Waals surface area contributed by atoms with Gasteiger partial charge in [0, 0.05) is 31.6 Å². The van der Waals surface area contributed by atoms with Gasteiger partial charge in [-0.25, -0.2) is 0 Å². The van der Waals surface area contributed by atoms with Gasteiger partial charge in [-0.3, -0.25) is 9.69 Å².